The van der Waals surface area contributed by atoms with Crippen molar-refractivity contribution in [1.29, 1.82) is 0 Å². The summed E-state index contributed by atoms with van der Waals surface area (Å²) in [6, 6.07) is 0. The van der Waals surface area contributed by atoms with Gasteiger partial charge in [-0.2, -0.15) is 0 Å². The molecule has 0 radical (unpaired) electrons. The topological polar surface area (TPSA) is 77.3 Å². The van der Waals surface area contributed by atoms with Crippen molar-refractivity contribution in [1.82, 2.24) is 0 Å². The molecule has 0 aromatic heterocycles. The molecule has 18 heavy (non-hydrogen) atoms. The van der Waals surface area contributed by atoms with Crippen LogP contribution in [0.3, 0.4) is 0 Å². The van der Waals surface area contributed by atoms with E-state index in [1.54, 1.807) is 0 Å². The molecule has 6 nitrogen and oxygen atoms in total. The Morgan fingerprint density at radius 2 is 1.39 bits per heavy atom. The van der Waals surface area contributed by atoms with Crippen molar-refractivity contribution in [2.24, 2.45) is 15.7 Å². The van der Waals surface area contributed by atoms with Gasteiger partial charge in [-0.05, 0) is 18.3 Å². The van der Waals surface area contributed by atoms with Crippen molar-refractivity contribution in [3.05, 3.63) is 0 Å². The SMILES string of the molecule is CC(=O)ON=C1CC(=NOC(C)=O)CC(C)(C)C1. The fraction of sp³-hybridized carbons (Fsp3) is 0.667. The molecule has 0 atom stereocenters. The number of carbonyl (C=O) groups excluding carboxylic acids is 2. The molecule has 1 rings (SSSR count). The Labute approximate surface area is 106 Å². The predicted molar refractivity (Wildman–Crippen MR) is 66.0 cm³/mol. The third-order valence-electron chi connectivity index (χ3n) is 2.38. The van der Waals surface area contributed by atoms with Gasteiger partial charge in [-0.15, -0.1) is 0 Å². The molecule has 0 aromatic carbocycles. The van der Waals surface area contributed by atoms with Crippen LogP contribution >= 0.6 is 0 Å². The number of rotatable bonds is 2. The molecule has 1 saturated carbocycles. The first-order valence-electron chi connectivity index (χ1n) is 5.75. The zero-order valence-electron chi connectivity index (χ0n) is 11.1. The molecule has 0 heterocycles. The summed E-state index contributed by atoms with van der Waals surface area (Å²) in [7, 11) is 0. The summed E-state index contributed by atoms with van der Waals surface area (Å²) >= 11 is 0. The molecule has 1 aliphatic rings. The number of carbonyl (C=O) groups is 2. The number of nitrogens with zero attached hydrogens (tertiary/aromatic N) is 2. The largest absolute Gasteiger partial charge is 0.331 e. The molecule has 1 aliphatic carbocycles. The van der Waals surface area contributed by atoms with E-state index in [1.165, 1.54) is 13.8 Å². The molecule has 0 aromatic rings. The zero-order chi connectivity index (χ0) is 13.8. The third kappa shape index (κ3) is 5.07. The van der Waals surface area contributed by atoms with Gasteiger partial charge in [-0.25, -0.2) is 9.59 Å². The lowest BCUT2D eigenvalue weighted by Crippen LogP contribution is -2.29. The fourth-order valence-corrected chi connectivity index (χ4v) is 1.91. The average molecular weight is 254 g/mol. The minimum Gasteiger partial charge on any atom is -0.319 e. The highest BCUT2D eigenvalue weighted by Gasteiger charge is 2.30. The van der Waals surface area contributed by atoms with Gasteiger partial charge < -0.3 is 9.68 Å². The van der Waals surface area contributed by atoms with E-state index >= 15 is 0 Å². The van der Waals surface area contributed by atoms with Crippen LogP contribution in [-0.4, -0.2) is 23.4 Å². The van der Waals surface area contributed by atoms with Gasteiger partial charge in [0.25, 0.3) is 0 Å². The summed E-state index contributed by atoms with van der Waals surface area (Å²) in [6.07, 6.45) is 1.91. The van der Waals surface area contributed by atoms with Gasteiger partial charge in [0.05, 0.1) is 11.4 Å². The van der Waals surface area contributed by atoms with Crippen molar-refractivity contribution in [3.63, 3.8) is 0 Å². The summed E-state index contributed by atoms with van der Waals surface area (Å²) < 4.78 is 0. The summed E-state index contributed by atoms with van der Waals surface area (Å²) in [5.41, 5.74) is 1.41. The van der Waals surface area contributed by atoms with Crippen LogP contribution in [0, 0.1) is 5.41 Å². The second-order valence-electron chi connectivity index (χ2n) is 5.18. The van der Waals surface area contributed by atoms with Crippen molar-refractivity contribution >= 4 is 23.4 Å². The summed E-state index contributed by atoms with van der Waals surface area (Å²) in [5.74, 6) is -0.909. The highest BCUT2D eigenvalue weighted by Crippen LogP contribution is 2.32. The normalized spacial score (nSPS) is 22.9. The van der Waals surface area contributed by atoms with Crippen molar-refractivity contribution < 1.29 is 19.3 Å². The quantitative estimate of drug-likeness (QED) is 0.558. The maximum absolute atomic E-state index is 10.7. The standard InChI is InChI=1S/C12H18N2O4/c1-8(15)17-13-10-5-11(14-18-9(2)16)7-12(3,4)6-10/h5-7H2,1-4H3. The average Bonchev–Trinajstić information content (AvgIpc) is 2.21. The van der Waals surface area contributed by atoms with Crippen molar-refractivity contribution in [2.45, 2.75) is 47.0 Å². The van der Waals surface area contributed by atoms with Gasteiger partial charge >= 0.3 is 11.9 Å². The van der Waals surface area contributed by atoms with Gasteiger partial charge in [-0.3, -0.25) is 0 Å². The van der Waals surface area contributed by atoms with E-state index in [2.05, 4.69) is 33.8 Å². The van der Waals surface area contributed by atoms with Crippen molar-refractivity contribution in [3.8, 4) is 0 Å². The lowest BCUT2D eigenvalue weighted by Gasteiger charge is -2.30. The van der Waals surface area contributed by atoms with Crippen LogP contribution < -0.4 is 0 Å². The minimum absolute atomic E-state index is 0.0454. The molecular formula is C12H18N2O4. The van der Waals surface area contributed by atoms with E-state index < -0.39 is 11.9 Å². The zero-order valence-corrected chi connectivity index (χ0v) is 11.1. The maximum Gasteiger partial charge on any atom is 0.331 e. The highest BCUT2D eigenvalue weighted by molar-refractivity contribution is 6.07. The first-order chi connectivity index (χ1) is 8.28. The first-order valence-corrected chi connectivity index (χ1v) is 5.75. The van der Waals surface area contributed by atoms with Gasteiger partial charge in [0.1, 0.15) is 0 Å². The Hall–Kier alpha value is -1.72. The van der Waals surface area contributed by atoms with Crippen LogP contribution in [0.15, 0.2) is 10.3 Å². The number of hydrogen-bond donors (Lipinski definition) is 0. The van der Waals surface area contributed by atoms with E-state index in [0.29, 0.717) is 6.42 Å². The van der Waals surface area contributed by atoms with Crippen LogP contribution in [0.25, 0.3) is 0 Å². The first kappa shape index (κ1) is 14.3. The van der Waals surface area contributed by atoms with E-state index in [0.717, 1.165) is 24.3 Å². The lowest BCUT2D eigenvalue weighted by molar-refractivity contribution is -0.141. The van der Waals surface area contributed by atoms with Gasteiger partial charge in [0, 0.05) is 20.3 Å². The number of oxime groups is 2. The Bertz CT molecular complexity index is 374. The van der Waals surface area contributed by atoms with E-state index in [9.17, 15) is 9.59 Å². The van der Waals surface area contributed by atoms with Crippen LogP contribution in [0.4, 0.5) is 0 Å². The summed E-state index contributed by atoms with van der Waals surface area (Å²) in [6.45, 7) is 6.70. The highest BCUT2D eigenvalue weighted by atomic mass is 16.7. The monoisotopic (exact) mass is 254 g/mol. The molecule has 0 saturated heterocycles. The molecule has 0 bridgehead atoms. The van der Waals surface area contributed by atoms with E-state index in [-0.39, 0.29) is 5.41 Å². The second kappa shape index (κ2) is 5.75. The van der Waals surface area contributed by atoms with Crippen LogP contribution in [0.5, 0.6) is 0 Å². The maximum atomic E-state index is 10.7. The molecule has 0 unspecified atom stereocenters. The van der Waals surface area contributed by atoms with Gasteiger partial charge in [0.15, 0.2) is 0 Å². The Morgan fingerprint density at radius 3 is 1.72 bits per heavy atom. The van der Waals surface area contributed by atoms with Crippen molar-refractivity contribution in [2.75, 3.05) is 0 Å². The fourth-order valence-electron chi connectivity index (χ4n) is 1.91. The van der Waals surface area contributed by atoms with Crippen LogP contribution in [0.1, 0.15) is 47.0 Å². The molecule has 1 fully saturated rings. The van der Waals surface area contributed by atoms with E-state index in [4.69, 9.17) is 0 Å². The lowest BCUT2D eigenvalue weighted by atomic mass is 9.75. The summed E-state index contributed by atoms with van der Waals surface area (Å²) in [5, 5.41) is 7.60. The third-order valence-corrected chi connectivity index (χ3v) is 2.38. The second-order valence-corrected chi connectivity index (χ2v) is 5.18. The van der Waals surface area contributed by atoms with Crippen LogP contribution in [0.2, 0.25) is 0 Å². The molecule has 6 heteroatoms. The summed E-state index contributed by atoms with van der Waals surface area (Å²) in [4.78, 5) is 30.7. The molecule has 0 amide bonds. The van der Waals surface area contributed by atoms with Gasteiger partial charge in [0.2, 0.25) is 0 Å². The van der Waals surface area contributed by atoms with Gasteiger partial charge in [-0.1, -0.05) is 24.2 Å². The Kier molecular flexibility index (Phi) is 4.58. The molecule has 0 aliphatic heterocycles. The smallest absolute Gasteiger partial charge is 0.319 e. The molecule has 0 N–H and O–H groups in total. The van der Waals surface area contributed by atoms with E-state index in [1.807, 2.05) is 0 Å². The Balaban J connectivity index is 2.78. The van der Waals surface area contributed by atoms with Crippen LogP contribution in [-0.2, 0) is 19.3 Å². The molecular weight excluding hydrogens is 236 g/mol. The minimum atomic E-state index is -0.454. The Morgan fingerprint density at radius 1 is 1.00 bits per heavy atom. The molecule has 0 spiro atoms. The number of hydrogen-bond acceptors (Lipinski definition) is 6. The predicted octanol–water partition coefficient (Wildman–Crippen LogP) is 2.03. The molecule has 100 valence electrons.